The fourth-order valence-corrected chi connectivity index (χ4v) is 1.82. The summed E-state index contributed by atoms with van der Waals surface area (Å²) in [6.07, 6.45) is 0. The molecule has 1 aliphatic heterocycles. The van der Waals surface area contributed by atoms with Gasteiger partial charge in [-0.05, 0) is 6.07 Å². The van der Waals surface area contributed by atoms with Crippen LogP contribution < -0.4 is 10.6 Å². The quantitative estimate of drug-likeness (QED) is 0.780. The number of methoxy groups -OCH3 is 1. The highest BCUT2D eigenvalue weighted by molar-refractivity contribution is 6.02. The number of hydrogen-bond donors (Lipinski definition) is 2. The van der Waals surface area contributed by atoms with Crippen LogP contribution in [-0.2, 0) is 9.53 Å². The molecule has 92 valence electrons. The summed E-state index contributed by atoms with van der Waals surface area (Å²) in [4.78, 5) is 11.6. The summed E-state index contributed by atoms with van der Waals surface area (Å²) in [6, 6.07) is 1.08. The third-order valence-corrected chi connectivity index (χ3v) is 2.56. The van der Waals surface area contributed by atoms with Crippen LogP contribution in [0.2, 0.25) is 0 Å². The van der Waals surface area contributed by atoms with E-state index in [0.29, 0.717) is 13.2 Å². The molecule has 4 nitrogen and oxygen atoms in total. The molecule has 1 heterocycles. The van der Waals surface area contributed by atoms with Crippen LogP contribution in [0.1, 0.15) is 11.6 Å². The van der Waals surface area contributed by atoms with E-state index in [-0.39, 0.29) is 17.2 Å². The predicted octanol–water partition coefficient (Wildman–Crippen LogP) is 1.19. The molecule has 6 heteroatoms. The van der Waals surface area contributed by atoms with E-state index >= 15 is 0 Å². The van der Waals surface area contributed by atoms with Crippen molar-refractivity contribution in [3.8, 4) is 0 Å². The zero-order valence-electron chi connectivity index (χ0n) is 9.22. The van der Waals surface area contributed by atoms with Crippen LogP contribution in [0.5, 0.6) is 0 Å². The van der Waals surface area contributed by atoms with Gasteiger partial charge >= 0.3 is 0 Å². The Bertz CT molecular complexity index is 451. The monoisotopic (exact) mass is 242 g/mol. The van der Waals surface area contributed by atoms with Gasteiger partial charge in [0.1, 0.15) is 17.7 Å². The van der Waals surface area contributed by atoms with Crippen molar-refractivity contribution in [1.29, 1.82) is 0 Å². The second-order valence-corrected chi connectivity index (χ2v) is 3.72. The van der Waals surface area contributed by atoms with Gasteiger partial charge in [-0.25, -0.2) is 8.78 Å². The number of nitrogens with one attached hydrogen (secondary N) is 2. The molecule has 2 N–H and O–H groups in total. The van der Waals surface area contributed by atoms with Gasteiger partial charge in [0, 0.05) is 25.3 Å². The summed E-state index contributed by atoms with van der Waals surface area (Å²) in [6.45, 7) is 0.812. The van der Waals surface area contributed by atoms with E-state index in [1.54, 1.807) is 0 Å². The molecular formula is C11H12F2N2O2. The first-order valence-corrected chi connectivity index (χ1v) is 5.15. The van der Waals surface area contributed by atoms with Gasteiger partial charge < -0.3 is 10.1 Å². The van der Waals surface area contributed by atoms with Gasteiger partial charge in [0.15, 0.2) is 0 Å². The van der Waals surface area contributed by atoms with E-state index in [1.807, 2.05) is 0 Å². The van der Waals surface area contributed by atoms with Crippen molar-refractivity contribution in [1.82, 2.24) is 5.32 Å². The molecule has 1 aromatic rings. The minimum Gasteiger partial charge on any atom is -0.383 e. The molecule has 0 fully saturated rings. The Morgan fingerprint density at radius 1 is 1.47 bits per heavy atom. The number of fused-ring (bicyclic) bond motifs is 1. The zero-order chi connectivity index (χ0) is 12.4. The normalized spacial score (nSPS) is 18.1. The third-order valence-electron chi connectivity index (χ3n) is 2.56. The van der Waals surface area contributed by atoms with Gasteiger partial charge in [-0.3, -0.25) is 10.1 Å². The molecular weight excluding hydrogens is 230 g/mol. The van der Waals surface area contributed by atoms with E-state index < -0.39 is 17.7 Å². The van der Waals surface area contributed by atoms with Crippen LogP contribution in [0.25, 0.3) is 0 Å². The van der Waals surface area contributed by atoms with Crippen molar-refractivity contribution in [2.75, 3.05) is 25.6 Å². The first kappa shape index (κ1) is 11.9. The Morgan fingerprint density at radius 3 is 2.94 bits per heavy atom. The lowest BCUT2D eigenvalue weighted by atomic mass is 10.1. The number of carbonyl (C=O) groups is 1. The number of benzene rings is 1. The number of rotatable bonds is 4. The van der Waals surface area contributed by atoms with Crippen LogP contribution in [0, 0.1) is 11.6 Å². The van der Waals surface area contributed by atoms with Crippen LogP contribution >= 0.6 is 0 Å². The fourth-order valence-electron chi connectivity index (χ4n) is 1.82. The highest BCUT2D eigenvalue weighted by atomic mass is 19.1. The third kappa shape index (κ3) is 2.27. The number of ether oxygens (including phenoxy) is 1. The van der Waals surface area contributed by atoms with Crippen LogP contribution in [0.15, 0.2) is 12.1 Å². The second kappa shape index (κ2) is 4.77. The molecule has 0 radical (unpaired) electrons. The molecule has 1 unspecified atom stereocenters. The summed E-state index contributed by atoms with van der Waals surface area (Å²) in [5.74, 6) is -1.83. The van der Waals surface area contributed by atoms with E-state index in [4.69, 9.17) is 4.74 Å². The number of halogens is 2. The average Bonchev–Trinajstić information content (AvgIpc) is 2.55. The molecule has 0 aromatic heterocycles. The maximum absolute atomic E-state index is 13.6. The maximum atomic E-state index is 13.6. The van der Waals surface area contributed by atoms with Gasteiger partial charge in [0.05, 0.1) is 12.3 Å². The average molecular weight is 242 g/mol. The van der Waals surface area contributed by atoms with E-state index in [0.717, 1.165) is 12.1 Å². The Morgan fingerprint density at radius 2 is 2.24 bits per heavy atom. The van der Waals surface area contributed by atoms with Gasteiger partial charge in [0.25, 0.3) is 0 Å². The lowest BCUT2D eigenvalue weighted by Crippen LogP contribution is -2.30. The Hall–Kier alpha value is -1.53. The van der Waals surface area contributed by atoms with Crippen molar-refractivity contribution in [2.45, 2.75) is 6.04 Å². The summed E-state index contributed by atoms with van der Waals surface area (Å²) >= 11 is 0. The standard InChI is InChI=1S/C11H12F2N2O2/c1-17-3-2-14-10-9-7(13)4-6(12)5-8(9)15-11(10)16/h4-5,10,14H,2-3H2,1H3,(H,15,16). The number of hydrogen-bond acceptors (Lipinski definition) is 3. The van der Waals surface area contributed by atoms with Crippen molar-refractivity contribution in [3.05, 3.63) is 29.3 Å². The summed E-state index contributed by atoms with van der Waals surface area (Å²) in [5.41, 5.74) is 0.343. The molecule has 1 aromatic carbocycles. The molecule has 0 spiro atoms. The van der Waals surface area contributed by atoms with Crippen LogP contribution in [0.3, 0.4) is 0 Å². The van der Waals surface area contributed by atoms with Crippen LogP contribution in [-0.4, -0.2) is 26.2 Å². The molecule has 0 aliphatic carbocycles. The van der Waals surface area contributed by atoms with Gasteiger partial charge in [-0.1, -0.05) is 0 Å². The number of carbonyl (C=O) groups excluding carboxylic acids is 1. The Balaban J connectivity index is 2.24. The fraction of sp³-hybridized carbons (Fsp3) is 0.364. The topological polar surface area (TPSA) is 50.4 Å². The first-order chi connectivity index (χ1) is 8.13. The summed E-state index contributed by atoms with van der Waals surface area (Å²) in [5, 5.41) is 5.28. The van der Waals surface area contributed by atoms with Crippen molar-refractivity contribution in [2.24, 2.45) is 0 Å². The minimum absolute atomic E-state index is 0.160. The lowest BCUT2D eigenvalue weighted by Gasteiger charge is -2.11. The first-order valence-electron chi connectivity index (χ1n) is 5.15. The van der Waals surface area contributed by atoms with E-state index in [9.17, 15) is 13.6 Å². The van der Waals surface area contributed by atoms with Crippen LogP contribution in [0.4, 0.5) is 14.5 Å². The zero-order valence-corrected chi connectivity index (χ0v) is 9.22. The largest absolute Gasteiger partial charge is 0.383 e. The predicted molar refractivity (Wildman–Crippen MR) is 57.6 cm³/mol. The minimum atomic E-state index is -0.791. The molecule has 0 saturated carbocycles. The highest BCUT2D eigenvalue weighted by Crippen LogP contribution is 2.33. The molecule has 1 atom stereocenters. The lowest BCUT2D eigenvalue weighted by molar-refractivity contribution is -0.117. The van der Waals surface area contributed by atoms with Gasteiger partial charge in [-0.15, -0.1) is 0 Å². The molecule has 1 aliphatic rings. The second-order valence-electron chi connectivity index (χ2n) is 3.72. The SMILES string of the molecule is COCCNC1C(=O)Nc2cc(F)cc(F)c21. The van der Waals surface area contributed by atoms with Gasteiger partial charge in [-0.2, -0.15) is 0 Å². The molecule has 17 heavy (non-hydrogen) atoms. The van der Waals surface area contributed by atoms with Crippen molar-refractivity contribution >= 4 is 11.6 Å². The smallest absolute Gasteiger partial charge is 0.246 e. The Kier molecular flexibility index (Phi) is 3.35. The van der Waals surface area contributed by atoms with E-state index in [2.05, 4.69) is 10.6 Å². The molecule has 0 saturated heterocycles. The van der Waals surface area contributed by atoms with Crippen molar-refractivity contribution in [3.63, 3.8) is 0 Å². The van der Waals surface area contributed by atoms with Crippen molar-refractivity contribution < 1.29 is 18.3 Å². The number of anilines is 1. The molecule has 0 bridgehead atoms. The highest BCUT2D eigenvalue weighted by Gasteiger charge is 2.33. The summed E-state index contributed by atoms with van der Waals surface area (Å²) in [7, 11) is 1.53. The summed E-state index contributed by atoms with van der Waals surface area (Å²) < 4.78 is 31.4. The number of amides is 1. The Labute approximate surface area is 97.0 Å². The van der Waals surface area contributed by atoms with E-state index in [1.165, 1.54) is 7.11 Å². The maximum Gasteiger partial charge on any atom is 0.246 e. The van der Waals surface area contributed by atoms with Gasteiger partial charge in [0.2, 0.25) is 5.91 Å². The molecule has 1 amide bonds. The molecule has 2 rings (SSSR count).